The smallest absolute Gasteiger partial charge is 0.258 e. The van der Waals surface area contributed by atoms with Crippen LogP contribution in [0.2, 0.25) is 0 Å². The number of amides is 2. The molecule has 0 aromatic heterocycles. The Hall–Kier alpha value is -4.41. The Labute approximate surface area is 198 Å². The lowest BCUT2D eigenvalue weighted by molar-refractivity contribution is -0.110. The van der Waals surface area contributed by atoms with E-state index in [1.165, 1.54) is 0 Å². The number of nitrogens with zero attached hydrogens (tertiary/aromatic N) is 2. The summed E-state index contributed by atoms with van der Waals surface area (Å²) in [6.07, 6.45) is 0. The van der Waals surface area contributed by atoms with Crippen molar-refractivity contribution >= 4 is 34.5 Å². The molecule has 2 amide bonds. The van der Waals surface area contributed by atoms with Crippen molar-refractivity contribution in [3.8, 4) is 6.07 Å². The molecule has 34 heavy (non-hydrogen) atoms. The Balaban J connectivity index is 1.66. The van der Waals surface area contributed by atoms with Crippen LogP contribution in [0.1, 0.15) is 27.0 Å². The highest BCUT2D eigenvalue weighted by molar-refractivity contribution is 6.37. The van der Waals surface area contributed by atoms with Gasteiger partial charge in [0.1, 0.15) is 0 Å². The highest BCUT2D eigenvalue weighted by Gasteiger charge is 2.28. The van der Waals surface area contributed by atoms with Gasteiger partial charge >= 0.3 is 0 Å². The van der Waals surface area contributed by atoms with Crippen LogP contribution in [0.15, 0.2) is 72.8 Å². The van der Waals surface area contributed by atoms with E-state index in [1.807, 2.05) is 61.5 Å². The predicted octanol–water partition coefficient (Wildman–Crippen LogP) is 3.78. The molecule has 0 aliphatic carbocycles. The number of hydrogen-bond acceptors (Lipinski definition) is 5. The van der Waals surface area contributed by atoms with E-state index in [2.05, 4.69) is 22.0 Å². The highest BCUT2D eigenvalue weighted by Crippen LogP contribution is 2.38. The van der Waals surface area contributed by atoms with Crippen molar-refractivity contribution < 1.29 is 9.59 Å². The first-order chi connectivity index (χ1) is 16.5. The van der Waals surface area contributed by atoms with Crippen molar-refractivity contribution in [3.05, 3.63) is 95.1 Å². The summed E-state index contributed by atoms with van der Waals surface area (Å²) < 4.78 is 0. The second-order valence-corrected chi connectivity index (χ2v) is 8.20. The third-order valence-electron chi connectivity index (χ3n) is 5.47. The van der Waals surface area contributed by atoms with Crippen molar-refractivity contribution in [2.24, 2.45) is 0 Å². The van der Waals surface area contributed by atoms with Gasteiger partial charge in [0.05, 0.1) is 28.6 Å². The van der Waals surface area contributed by atoms with Gasteiger partial charge in [0.25, 0.3) is 11.8 Å². The molecule has 0 radical (unpaired) electrons. The molecule has 0 fully saturated rings. The summed E-state index contributed by atoms with van der Waals surface area (Å²) in [5, 5.41) is 18.3. The van der Waals surface area contributed by atoms with Crippen LogP contribution in [0, 0.1) is 11.3 Å². The van der Waals surface area contributed by atoms with Crippen molar-refractivity contribution in [1.82, 2.24) is 10.2 Å². The molecule has 0 spiro atoms. The van der Waals surface area contributed by atoms with E-state index < -0.39 is 0 Å². The Morgan fingerprint density at radius 2 is 1.74 bits per heavy atom. The standard InChI is InChI=1S/C27H25N5O2/c1-32(2)15-14-29-26(33)20-9-11-21(12-10-20)30-25(19-6-4-3-5-7-19)24-22-13-8-18(17-28)16-23(22)31-27(24)34/h3-13,16,30H,14-15H2,1-2H3,(H,29,33)(H,31,34). The average Bonchev–Trinajstić information content (AvgIpc) is 3.17. The van der Waals surface area contributed by atoms with Crippen LogP contribution in [0.3, 0.4) is 0 Å². The molecule has 1 aliphatic heterocycles. The number of likely N-dealkylation sites (N-methyl/N-ethyl adjacent to an activating group) is 1. The predicted molar refractivity (Wildman–Crippen MR) is 134 cm³/mol. The van der Waals surface area contributed by atoms with Crippen LogP contribution in [-0.4, -0.2) is 43.9 Å². The van der Waals surface area contributed by atoms with Gasteiger partial charge in [-0.15, -0.1) is 0 Å². The van der Waals surface area contributed by atoms with Gasteiger partial charge in [0, 0.05) is 29.9 Å². The summed E-state index contributed by atoms with van der Waals surface area (Å²) >= 11 is 0. The van der Waals surface area contributed by atoms with E-state index in [4.69, 9.17) is 0 Å². The second-order valence-electron chi connectivity index (χ2n) is 8.20. The van der Waals surface area contributed by atoms with Crippen LogP contribution >= 0.6 is 0 Å². The summed E-state index contributed by atoms with van der Waals surface area (Å²) in [6, 6.07) is 24.0. The molecule has 4 rings (SSSR count). The molecule has 0 unspecified atom stereocenters. The molecule has 3 N–H and O–H groups in total. The number of benzene rings is 3. The monoisotopic (exact) mass is 451 g/mol. The molecule has 0 atom stereocenters. The fourth-order valence-electron chi connectivity index (χ4n) is 3.72. The van der Waals surface area contributed by atoms with Crippen LogP contribution < -0.4 is 16.0 Å². The van der Waals surface area contributed by atoms with Crippen molar-refractivity contribution in [2.45, 2.75) is 0 Å². The molecule has 0 bridgehead atoms. The number of carbonyl (C=O) groups is 2. The fourth-order valence-corrected chi connectivity index (χ4v) is 3.72. The highest BCUT2D eigenvalue weighted by atomic mass is 16.2. The summed E-state index contributed by atoms with van der Waals surface area (Å²) in [5.41, 5.74) is 5.11. The summed E-state index contributed by atoms with van der Waals surface area (Å²) in [5.74, 6) is -0.374. The molecular formula is C27H25N5O2. The quantitative estimate of drug-likeness (QED) is 0.475. The summed E-state index contributed by atoms with van der Waals surface area (Å²) in [4.78, 5) is 27.4. The normalized spacial score (nSPS) is 13.6. The third-order valence-corrected chi connectivity index (χ3v) is 5.47. The van der Waals surface area contributed by atoms with Crippen molar-refractivity contribution in [2.75, 3.05) is 37.8 Å². The largest absolute Gasteiger partial charge is 0.354 e. The Kier molecular flexibility index (Phi) is 6.72. The number of hydrogen-bond donors (Lipinski definition) is 3. The Morgan fingerprint density at radius 3 is 2.41 bits per heavy atom. The minimum absolute atomic E-state index is 0.132. The number of carbonyl (C=O) groups excluding carboxylic acids is 2. The lowest BCUT2D eigenvalue weighted by Gasteiger charge is -2.15. The first kappa shape index (κ1) is 22.8. The zero-order valence-corrected chi connectivity index (χ0v) is 19.1. The van der Waals surface area contributed by atoms with E-state index in [0.717, 1.165) is 23.4 Å². The fraction of sp³-hybridized carbons (Fsp3) is 0.148. The second kappa shape index (κ2) is 10.0. The zero-order valence-electron chi connectivity index (χ0n) is 19.1. The van der Waals surface area contributed by atoms with Gasteiger partial charge in [-0.2, -0.15) is 5.26 Å². The van der Waals surface area contributed by atoms with Gasteiger partial charge < -0.3 is 20.9 Å². The third kappa shape index (κ3) is 4.98. The number of fused-ring (bicyclic) bond motifs is 1. The van der Waals surface area contributed by atoms with Gasteiger partial charge in [-0.25, -0.2) is 0 Å². The van der Waals surface area contributed by atoms with Crippen molar-refractivity contribution in [1.29, 1.82) is 5.26 Å². The molecule has 7 heteroatoms. The van der Waals surface area contributed by atoms with E-state index in [9.17, 15) is 14.9 Å². The van der Waals surface area contributed by atoms with E-state index >= 15 is 0 Å². The summed E-state index contributed by atoms with van der Waals surface area (Å²) in [6.45, 7) is 1.33. The maximum Gasteiger partial charge on any atom is 0.258 e. The molecule has 0 saturated heterocycles. The Morgan fingerprint density at radius 1 is 1.00 bits per heavy atom. The van der Waals surface area contributed by atoms with E-state index in [-0.39, 0.29) is 11.8 Å². The minimum Gasteiger partial charge on any atom is -0.354 e. The molecule has 3 aromatic carbocycles. The van der Waals surface area contributed by atoms with Gasteiger partial charge in [0.2, 0.25) is 0 Å². The van der Waals surface area contributed by atoms with Gasteiger partial charge in [-0.3, -0.25) is 9.59 Å². The van der Waals surface area contributed by atoms with E-state index in [1.54, 1.807) is 30.3 Å². The number of nitriles is 1. The van der Waals surface area contributed by atoms with Crippen molar-refractivity contribution in [3.63, 3.8) is 0 Å². The molecular weight excluding hydrogens is 426 g/mol. The number of anilines is 2. The maximum absolute atomic E-state index is 13.0. The number of rotatable bonds is 7. The Bertz CT molecular complexity index is 1290. The number of nitrogens with one attached hydrogen (secondary N) is 3. The maximum atomic E-state index is 13.0. The van der Waals surface area contributed by atoms with Crippen LogP contribution in [0.4, 0.5) is 11.4 Å². The van der Waals surface area contributed by atoms with Gasteiger partial charge in [-0.1, -0.05) is 36.4 Å². The molecule has 170 valence electrons. The van der Waals surface area contributed by atoms with E-state index in [0.29, 0.717) is 34.6 Å². The topological polar surface area (TPSA) is 97.3 Å². The lowest BCUT2D eigenvalue weighted by Crippen LogP contribution is -2.31. The molecule has 3 aromatic rings. The SMILES string of the molecule is CN(C)CCNC(=O)c1ccc(NC(=C2C(=O)Nc3cc(C#N)ccc32)c2ccccc2)cc1. The van der Waals surface area contributed by atoms with Crippen LogP contribution in [-0.2, 0) is 4.79 Å². The average molecular weight is 452 g/mol. The molecule has 0 saturated carbocycles. The zero-order chi connectivity index (χ0) is 24.1. The van der Waals surface area contributed by atoms with Crippen LogP contribution in [0.5, 0.6) is 0 Å². The lowest BCUT2D eigenvalue weighted by atomic mass is 9.99. The molecule has 7 nitrogen and oxygen atoms in total. The first-order valence-electron chi connectivity index (χ1n) is 10.9. The molecule has 1 heterocycles. The van der Waals surface area contributed by atoms with Crippen LogP contribution in [0.25, 0.3) is 11.3 Å². The minimum atomic E-state index is -0.242. The summed E-state index contributed by atoms with van der Waals surface area (Å²) in [7, 11) is 3.91. The van der Waals surface area contributed by atoms with Gasteiger partial charge in [-0.05, 0) is 56.1 Å². The molecule has 1 aliphatic rings. The van der Waals surface area contributed by atoms with Gasteiger partial charge in [0.15, 0.2) is 0 Å². The first-order valence-corrected chi connectivity index (χ1v) is 10.9.